The van der Waals surface area contributed by atoms with Crippen LogP contribution in [0.4, 0.5) is 5.82 Å². The molecule has 2 aromatic carbocycles. The Morgan fingerprint density at radius 2 is 1.85 bits per heavy atom. The van der Waals surface area contributed by atoms with Crippen molar-refractivity contribution in [3.05, 3.63) is 77.0 Å². The van der Waals surface area contributed by atoms with Crippen molar-refractivity contribution in [3.63, 3.8) is 0 Å². The van der Waals surface area contributed by atoms with E-state index in [0.29, 0.717) is 11.3 Å². The number of nitrogens with zero attached hydrogens (tertiary/aromatic N) is 3. The van der Waals surface area contributed by atoms with Gasteiger partial charge in [0.2, 0.25) is 0 Å². The Kier molecular flexibility index (Phi) is 4.45. The largest absolute Gasteiger partial charge is 0.265 e. The van der Waals surface area contributed by atoms with Crippen molar-refractivity contribution in [1.29, 1.82) is 0 Å². The van der Waals surface area contributed by atoms with Crippen molar-refractivity contribution in [2.45, 2.75) is 11.8 Å². The molecule has 2 aromatic heterocycles. The van der Waals surface area contributed by atoms with Gasteiger partial charge in [0.1, 0.15) is 10.7 Å². The van der Waals surface area contributed by atoms with Crippen molar-refractivity contribution in [2.75, 3.05) is 4.72 Å². The number of aryl methyl sites for hydroxylation is 1. The van der Waals surface area contributed by atoms with Crippen LogP contribution in [-0.4, -0.2) is 23.2 Å². The SMILES string of the molecule is Cc1ccnc2c(S(=O)(=O)Nc3ccnn3-c3cccc(Br)c3)cccc12. The molecule has 0 aliphatic carbocycles. The lowest BCUT2D eigenvalue weighted by molar-refractivity contribution is 0.601. The van der Waals surface area contributed by atoms with Crippen LogP contribution in [0.15, 0.2) is 76.4 Å². The molecule has 0 aliphatic heterocycles. The summed E-state index contributed by atoms with van der Waals surface area (Å²) in [5.41, 5.74) is 2.15. The van der Waals surface area contributed by atoms with E-state index in [4.69, 9.17) is 0 Å². The third kappa shape index (κ3) is 3.33. The van der Waals surface area contributed by atoms with Crippen molar-refractivity contribution < 1.29 is 8.42 Å². The quantitative estimate of drug-likeness (QED) is 0.511. The molecule has 0 fully saturated rings. The van der Waals surface area contributed by atoms with E-state index >= 15 is 0 Å². The minimum atomic E-state index is -3.85. The lowest BCUT2D eigenvalue weighted by atomic mass is 10.1. The molecule has 6 nitrogen and oxygen atoms in total. The van der Waals surface area contributed by atoms with E-state index in [9.17, 15) is 8.42 Å². The van der Waals surface area contributed by atoms with E-state index in [1.165, 1.54) is 4.68 Å². The molecule has 2 heterocycles. The maximum absolute atomic E-state index is 13.1. The molecule has 0 aliphatic rings. The topological polar surface area (TPSA) is 76.9 Å². The molecular formula is C19H15BrN4O2S. The van der Waals surface area contributed by atoms with Crippen LogP contribution < -0.4 is 4.72 Å². The Hall–Kier alpha value is -2.71. The monoisotopic (exact) mass is 442 g/mol. The molecular weight excluding hydrogens is 428 g/mol. The smallest absolute Gasteiger partial charge is 0.263 e. The van der Waals surface area contributed by atoms with Gasteiger partial charge in [-0.3, -0.25) is 9.71 Å². The first kappa shape index (κ1) is 17.7. The first-order chi connectivity index (χ1) is 13.0. The number of halogens is 1. The van der Waals surface area contributed by atoms with Gasteiger partial charge in [0.15, 0.2) is 0 Å². The summed E-state index contributed by atoms with van der Waals surface area (Å²) in [4.78, 5) is 4.41. The molecule has 0 bridgehead atoms. The molecule has 0 saturated carbocycles. The Morgan fingerprint density at radius 3 is 2.67 bits per heavy atom. The molecule has 4 rings (SSSR count). The number of sulfonamides is 1. The number of pyridine rings is 1. The van der Waals surface area contributed by atoms with E-state index in [-0.39, 0.29) is 4.90 Å². The summed E-state index contributed by atoms with van der Waals surface area (Å²) in [5.74, 6) is 0.345. The highest BCUT2D eigenvalue weighted by atomic mass is 79.9. The number of hydrogen-bond donors (Lipinski definition) is 1. The standard InChI is InChI=1S/C19H15BrN4O2S/c1-13-8-10-21-19-16(13)6-3-7-17(19)27(25,26)23-18-9-11-22-24(18)15-5-2-4-14(20)12-15/h2-12,23H,1H3. The maximum Gasteiger partial charge on any atom is 0.265 e. The highest BCUT2D eigenvalue weighted by molar-refractivity contribution is 9.10. The molecule has 1 N–H and O–H groups in total. The van der Waals surface area contributed by atoms with Gasteiger partial charge in [-0.05, 0) is 42.8 Å². The number of anilines is 1. The Morgan fingerprint density at radius 1 is 1.04 bits per heavy atom. The summed E-state index contributed by atoms with van der Waals surface area (Å²) in [6.07, 6.45) is 3.16. The number of nitrogens with one attached hydrogen (secondary N) is 1. The van der Waals surface area contributed by atoms with Gasteiger partial charge in [-0.1, -0.05) is 34.1 Å². The van der Waals surface area contributed by atoms with Gasteiger partial charge < -0.3 is 0 Å². The summed E-state index contributed by atoms with van der Waals surface area (Å²) in [6.45, 7) is 1.93. The second-order valence-corrected chi connectivity index (χ2v) is 8.56. The van der Waals surface area contributed by atoms with Crippen LogP contribution in [0.2, 0.25) is 0 Å². The first-order valence-electron chi connectivity index (χ1n) is 8.13. The minimum absolute atomic E-state index is 0.130. The number of aromatic nitrogens is 3. The van der Waals surface area contributed by atoms with Gasteiger partial charge in [0.25, 0.3) is 10.0 Å². The first-order valence-corrected chi connectivity index (χ1v) is 10.4. The van der Waals surface area contributed by atoms with Crippen LogP contribution in [-0.2, 0) is 10.0 Å². The zero-order valence-electron chi connectivity index (χ0n) is 14.3. The molecule has 0 radical (unpaired) electrons. The molecule has 0 saturated heterocycles. The van der Waals surface area contributed by atoms with Crippen LogP contribution >= 0.6 is 15.9 Å². The Labute approximate surface area is 165 Å². The molecule has 4 aromatic rings. The zero-order valence-corrected chi connectivity index (χ0v) is 16.7. The van der Waals surface area contributed by atoms with E-state index in [1.54, 1.807) is 30.6 Å². The third-order valence-electron chi connectivity index (χ3n) is 4.18. The zero-order chi connectivity index (χ0) is 19.0. The minimum Gasteiger partial charge on any atom is -0.263 e. The molecule has 0 atom stereocenters. The second kappa shape index (κ2) is 6.79. The van der Waals surface area contributed by atoms with Gasteiger partial charge in [-0.25, -0.2) is 13.1 Å². The van der Waals surface area contributed by atoms with Crippen molar-refractivity contribution in [3.8, 4) is 5.69 Å². The van der Waals surface area contributed by atoms with Crippen molar-refractivity contribution in [2.24, 2.45) is 0 Å². The number of fused-ring (bicyclic) bond motifs is 1. The molecule has 27 heavy (non-hydrogen) atoms. The summed E-state index contributed by atoms with van der Waals surface area (Å²) < 4.78 is 31.2. The van der Waals surface area contributed by atoms with E-state index in [0.717, 1.165) is 21.1 Å². The predicted octanol–water partition coefficient (Wildman–Crippen LogP) is 4.29. The normalized spacial score (nSPS) is 11.6. The Bertz CT molecular complexity index is 1250. The average molecular weight is 443 g/mol. The summed E-state index contributed by atoms with van der Waals surface area (Å²) in [7, 11) is -3.85. The van der Waals surface area contributed by atoms with Gasteiger partial charge in [-0.15, -0.1) is 0 Å². The van der Waals surface area contributed by atoms with Crippen LogP contribution in [0.25, 0.3) is 16.6 Å². The second-order valence-electron chi connectivity index (χ2n) is 5.99. The molecule has 0 amide bonds. The lowest BCUT2D eigenvalue weighted by Crippen LogP contribution is -2.16. The highest BCUT2D eigenvalue weighted by Gasteiger charge is 2.21. The number of benzene rings is 2. The lowest BCUT2D eigenvalue weighted by Gasteiger charge is -2.12. The third-order valence-corrected chi connectivity index (χ3v) is 6.06. The van der Waals surface area contributed by atoms with Crippen molar-refractivity contribution >= 4 is 42.7 Å². The predicted molar refractivity (Wildman–Crippen MR) is 109 cm³/mol. The fourth-order valence-electron chi connectivity index (χ4n) is 2.89. The molecule has 8 heteroatoms. The van der Waals surface area contributed by atoms with Crippen LogP contribution in [0.3, 0.4) is 0 Å². The van der Waals surface area contributed by atoms with Gasteiger partial charge >= 0.3 is 0 Å². The van der Waals surface area contributed by atoms with Crippen LogP contribution in [0, 0.1) is 6.92 Å². The maximum atomic E-state index is 13.1. The van der Waals surface area contributed by atoms with Crippen molar-refractivity contribution in [1.82, 2.24) is 14.8 Å². The van der Waals surface area contributed by atoms with Gasteiger partial charge in [-0.2, -0.15) is 5.10 Å². The van der Waals surface area contributed by atoms with E-state index in [1.807, 2.05) is 43.3 Å². The molecule has 136 valence electrons. The van der Waals surface area contributed by atoms with Crippen LogP contribution in [0.1, 0.15) is 5.56 Å². The number of para-hydroxylation sites is 1. The highest BCUT2D eigenvalue weighted by Crippen LogP contribution is 2.26. The van der Waals surface area contributed by atoms with Gasteiger partial charge in [0.05, 0.1) is 17.4 Å². The number of rotatable bonds is 4. The van der Waals surface area contributed by atoms with E-state index in [2.05, 4.69) is 30.7 Å². The molecule has 0 unspecified atom stereocenters. The average Bonchev–Trinajstić information content (AvgIpc) is 3.09. The Balaban J connectivity index is 1.79. The fourth-order valence-corrected chi connectivity index (χ4v) is 4.49. The number of hydrogen-bond acceptors (Lipinski definition) is 4. The summed E-state index contributed by atoms with van der Waals surface area (Å²) >= 11 is 3.42. The van der Waals surface area contributed by atoms with Gasteiger partial charge in [0, 0.05) is 22.1 Å². The molecule has 0 spiro atoms. The summed E-state index contributed by atoms with van der Waals surface area (Å²) in [6, 6.07) is 16.1. The summed E-state index contributed by atoms with van der Waals surface area (Å²) in [5, 5.41) is 5.04. The van der Waals surface area contributed by atoms with E-state index < -0.39 is 10.0 Å². The fraction of sp³-hybridized carbons (Fsp3) is 0.0526. The van der Waals surface area contributed by atoms with Crippen LogP contribution in [0.5, 0.6) is 0 Å².